The average molecular weight is 383 g/mol. The van der Waals surface area contributed by atoms with Crippen molar-refractivity contribution in [2.45, 2.75) is 18.9 Å². The van der Waals surface area contributed by atoms with E-state index < -0.39 is 17.6 Å². The van der Waals surface area contributed by atoms with Crippen LogP contribution in [0, 0.1) is 11.6 Å². The number of aromatic carboxylic acids is 1. The summed E-state index contributed by atoms with van der Waals surface area (Å²) in [6, 6.07) is 6.43. The third-order valence-corrected chi connectivity index (χ3v) is 5.14. The second kappa shape index (κ2) is 6.01. The van der Waals surface area contributed by atoms with Crippen molar-refractivity contribution in [3.8, 4) is 0 Å². The zero-order valence-corrected chi connectivity index (χ0v) is 14.6. The van der Waals surface area contributed by atoms with Gasteiger partial charge in [0.25, 0.3) is 0 Å². The first kappa shape index (κ1) is 16.7. The molecule has 2 N–H and O–H groups in total. The maximum absolute atomic E-state index is 14.3. The number of carboxylic acids is 1. The predicted octanol–water partition coefficient (Wildman–Crippen LogP) is 3.53. The molecule has 0 radical (unpaired) electrons. The molecule has 0 bridgehead atoms. The number of hydrogen-bond donors (Lipinski definition) is 2. The molecule has 7 nitrogen and oxygen atoms in total. The first-order valence-electron chi connectivity index (χ1n) is 8.84. The summed E-state index contributed by atoms with van der Waals surface area (Å²) in [5, 5.41) is 14.0. The summed E-state index contributed by atoms with van der Waals surface area (Å²) in [6.45, 7) is 0.661. The zero-order valence-electron chi connectivity index (χ0n) is 14.6. The lowest BCUT2D eigenvalue weighted by Crippen LogP contribution is -2.24. The van der Waals surface area contributed by atoms with Gasteiger partial charge in [0.05, 0.1) is 11.4 Å². The maximum atomic E-state index is 14.3. The van der Waals surface area contributed by atoms with Gasteiger partial charge < -0.3 is 15.0 Å². The largest absolute Gasteiger partial charge is 0.477 e. The molecule has 1 aliphatic heterocycles. The van der Waals surface area contributed by atoms with Gasteiger partial charge in [-0.3, -0.25) is 0 Å². The van der Waals surface area contributed by atoms with E-state index in [0.717, 1.165) is 18.6 Å². The van der Waals surface area contributed by atoms with E-state index in [1.165, 1.54) is 12.1 Å². The lowest BCUT2D eigenvalue weighted by molar-refractivity contribution is 0.0691. The second-order valence-corrected chi connectivity index (χ2v) is 6.82. The minimum atomic E-state index is -1.08. The predicted molar refractivity (Wildman–Crippen MR) is 97.5 cm³/mol. The third-order valence-electron chi connectivity index (χ3n) is 5.14. The number of nitrogens with one attached hydrogen (secondary N) is 1. The van der Waals surface area contributed by atoms with Gasteiger partial charge in [-0.25, -0.2) is 23.1 Å². The minimum Gasteiger partial charge on any atom is -0.477 e. The van der Waals surface area contributed by atoms with Crippen molar-refractivity contribution in [2.24, 2.45) is 0 Å². The molecule has 9 heteroatoms. The van der Waals surface area contributed by atoms with Crippen molar-refractivity contribution in [3.63, 3.8) is 0 Å². The van der Waals surface area contributed by atoms with Crippen LogP contribution in [0.5, 0.6) is 0 Å². The van der Waals surface area contributed by atoms with E-state index in [4.69, 9.17) is 5.11 Å². The molecule has 1 atom stereocenters. The van der Waals surface area contributed by atoms with Crippen LogP contribution in [0.15, 0.2) is 36.5 Å². The molecule has 0 saturated carbocycles. The number of fused-ring (bicyclic) bond motifs is 3. The highest BCUT2D eigenvalue weighted by molar-refractivity contribution is 5.98. The van der Waals surface area contributed by atoms with Crippen LogP contribution in [0.2, 0.25) is 0 Å². The molecule has 4 heterocycles. The van der Waals surface area contributed by atoms with Gasteiger partial charge in [-0.15, -0.1) is 5.10 Å². The van der Waals surface area contributed by atoms with Crippen LogP contribution in [0.25, 0.3) is 16.7 Å². The van der Waals surface area contributed by atoms with E-state index in [1.807, 2.05) is 4.90 Å². The Hall–Kier alpha value is -3.49. The number of halogens is 2. The van der Waals surface area contributed by atoms with E-state index in [1.54, 1.807) is 16.8 Å². The molecule has 142 valence electrons. The van der Waals surface area contributed by atoms with Gasteiger partial charge in [0.1, 0.15) is 23.1 Å². The Labute approximate surface area is 157 Å². The van der Waals surface area contributed by atoms with Crippen LogP contribution < -0.4 is 4.90 Å². The topological polar surface area (TPSA) is 86.5 Å². The SMILES string of the molecule is O=C(O)c1cc2c(nn3ccc(N4CCC[C@@H]4c4cc(F)ccc4F)nc23)[nH]1. The fourth-order valence-corrected chi connectivity index (χ4v) is 3.88. The summed E-state index contributed by atoms with van der Waals surface area (Å²) in [5.41, 5.74) is 1.28. The van der Waals surface area contributed by atoms with Crippen LogP contribution in [-0.2, 0) is 0 Å². The Morgan fingerprint density at radius 2 is 2.11 bits per heavy atom. The molecular formula is C19H15F2N5O2. The van der Waals surface area contributed by atoms with Gasteiger partial charge in [0.15, 0.2) is 11.3 Å². The first-order chi connectivity index (χ1) is 13.5. The Balaban J connectivity index is 1.60. The van der Waals surface area contributed by atoms with Crippen molar-refractivity contribution < 1.29 is 18.7 Å². The molecule has 1 saturated heterocycles. The number of H-pyrrole nitrogens is 1. The molecule has 28 heavy (non-hydrogen) atoms. The van der Waals surface area contributed by atoms with Crippen molar-refractivity contribution in [1.82, 2.24) is 19.6 Å². The third kappa shape index (κ3) is 2.50. The van der Waals surface area contributed by atoms with Crippen LogP contribution in [0.3, 0.4) is 0 Å². The lowest BCUT2D eigenvalue weighted by atomic mass is 10.0. The highest BCUT2D eigenvalue weighted by Crippen LogP contribution is 2.37. The van der Waals surface area contributed by atoms with Gasteiger partial charge in [0.2, 0.25) is 0 Å². The number of aromatic nitrogens is 4. The van der Waals surface area contributed by atoms with Gasteiger partial charge >= 0.3 is 5.97 Å². The highest BCUT2D eigenvalue weighted by atomic mass is 19.1. The van der Waals surface area contributed by atoms with Gasteiger partial charge in [-0.1, -0.05) is 0 Å². The molecule has 4 aromatic rings. The number of benzene rings is 1. The molecule has 1 aromatic carbocycles. The molecule has 0 amide bonds. The lowest BCUT2D eigenvalue weighted by Gasteiger charge is -2.26. The van der Waals surface area contributed by atoms with E-state index in [2.05, 4.69) is 15.1 Å². The van der Waals surface area contributed by atoms with E-state index in [-0.39, 0.29) is 11.7 Å². The summed E-state index contributed by atoms with van der Waals surface area (Å²) in [6.07, 6.45) is 3.24. The molecule has 1 aliphatic rings. The Kier molecular flexibility index (Phi) is 3.58. The molecule has 0 unspecified atom stereocenters. The maximum Gasteiger partial charge on any atom is 0.352 e. The van der Waals surface area contributed by atoms with Crippen LogP contribution in [0.4, 0.5) is 14.6 Å². The number of hydrogen-bond acceptors (Lipinski definition) is 4. The number of nitrogens with zero attached hydrogens (tertiary/aromatic N) is 4. The molecule has 3 aromatic heterocycles. The van der Waals surface area contributed by atoms with Gasteiger partial charge in [-0.2, -0.15) is 0 Å². The van der Waals surface area contributed by atoms with Gasteiger partial charge in [0, 0.05) is 18.3 Å². The summed E-state index contributed by atoms with van der Waals surface area (Å²) >= 11 is 0. The summed E-state index contributed by atoms with van der Waals surface area (Å²) < 4.78 is 29.5. The summed E-state index contributed by atoms with van der Waals surface area (Å²) in [7, 11) is 0. The van der Waals surface area contributed by atoms with E-state index in [9.17, 15) is 13.6 Å². The normalized spacial score (nSPS) is 17.1. The average Bonchev–Trinajstić information content (AvgIpc) is 3.37. The van der Waals surface area contributed by atoms with Crippen molar-refractivity contribution in [3.05, 3.63) is 59.4 Å². The monoisotopic (exact) mass is 383 g/mol. The molecule has 0 spiro atoms. The fourth-order valence-electron chi connectivity index (χ4n) is 3.88. The first-order valence-corrected chi connectivity index (χ1v) is 8.84. The fraction of sp³-hybridized carbons (Fsp3) is 0.211. The number of carbonyl (C=O) groups is 1. The number of rotatable bonds is 3. The van der Waals surface area contributed by atoms with E-state index >= 15 is 0 Å². The highest BCUT2D eigenvalue weighted by Gasteiger charge is 2.30. The molecule has 1 fully saturated rings. The molecule has 0 aliphatic carbocycles. The Bertz CT molecular complexity index is 1230. The van der Waals surface area contributed by atoms with Crippen LogP contribution in [0.1, 0.15) is 34.9 Å². The van der Waals surface area contributed by atoms with Crippen molar-refractivity contribution in [1.29, 1.82) is 0 Å². The zero-order chi connectivity index (χ0) is 19.4. The Morgan fingerprint density at radius 1 is 1.25 bits per heavy atom. The van der Waals surface area contributed by atoms with Gasteiger partial charge in [-0.05, 0) is 43.2 Å². The smallest absolute Gasteiger partial charge is 0.352 e. The number of carboxylic acid groups (broad SMARTS) is 1. The quantitative estimate of drug-likeness (QED) is 0.565. The number of aromatic amines is 1. The van der Waals surface area contributed by atoms with Crippen LogP contribution in [-0.4, -0.2) is 37.2 Å². The number of anilines is 1. The van der Waals surface area contributed by atoms with E-state index in [0.29, 0.717) is 41.0 Å². The van der Waals surface area contributed by atoms with Crippen LogP contribution >= 0.6 is 0 Å². The standard InChI is InChI=1S/C19H15F2N5O2/c20-10-3-4-13(21)11(8-10)15-2-1-6-25(15)16-5-7-26-18(23-16)12-9-14(19(27)28)22-17(12)24-26/h3-5,7-9,15H,1-2,6H2,(H,22,24)(H,27,28)/t15-/m1/s1. The second-order valence-electron chi connectivity index (χ2n) is 6.82. The molecule has 5 rings (SSSR count). The minimum absolute atomic E-state index is 0.0353. The Morgan fingerprint density at radius 3 is 2.93 bits per heavy atom. The summed E-state index contributed by atoms with van der Waals surface area (Å²) in [5.74, 6) is -1.38. The summed E-state index contributed by atoms with van der Waals surface area (Å²) in [4.78, 5) is 20.5. The molecular weight excluding hydrogens is 368 g/mol. The van der Waals surface area contributed by atoms with Crippen molar-refractivity contribution >= 4 is 28.5 Å². The van der Waals surface area contributed by atoms with Crippen molar-refractivity contribution in [2.75, 3.05) is 11.4 Å².